The summed E-state index contributed by atoms with van der Waals surface area (Å²) in [7, 11) is 0. The van der Waals surface area contributed by atoms with Gasteiger partial charge in [0, 0.05) is 30.1 Å². The van der Waals surface area contributed by atoms with Crippen LogP contribution in [0.4, 0.5) is 4.39 Å². The summed E-state index contributed by atoms with van der Waals surface area (Å²) < 4.78 is 18.3. The fourth-order valence-corrected chi connectivity index (χ4v) is 3.92. The molecule has 28 heavy (non-hydrogen) atoms. The maximum atomic E-state index is 14.6. The Morgan fingerprint density at radius 1 is 1.32 bits per heavy atom. The Bertz CT molecular complexity index is 796. The second kappa shape index (κ2) is 9.70. The van der Waals surface area contributed by atoms with Crippen LogP contribution in [0.25, 0.3) is 0 Å². The maximum Gasteiger partial charge on any atom is 0.276 e. The van der Waals surface area contributed by atoms with E-state index in [9.17, 15) is 19.1 Å². The smallest absolute Gasteiger partial charge is 0.276 e. The van der Waals surface area contributed by atoms with Crippen LogP contribution in [0.15, 0.2) is 29.6 Å². The van der Waals surface area contributed by atoms with E-state index in [-0.39, 0.29) is 36.9 Å². The largest absolute Gasteiger partial charge is 0.396 e. The molecule has 7 nitrogen and oxygen atoms in total. The van der Waals surface area contributed by atoms with Gasteiger partial charge in [0.1, 0.15) is 11.9 Å². The molecule has 1 aliphatic rings. The predicted octanol–water partition coefficient (Wildman–Crippen LogP) is 2.30. The monoisotopic (exact) mass is 406 g/mol. The summed E-state index contributed by atoms with van der Waals surface area (Å²) in [6, 6.07) is 4.82. The normalized spacial score (nSPS) is 15.4. The number of benzene rings is 1. The van der Waals surface area contributed by atoms with E-state index in [1.54, 1.807) is 6.07 Å². The fourth-order valence-electron chi connectivity index (χ4n) is 3.49. The van der Waals surface area contributed by atoms with Crippen LogP contribution in [0.1, 0.15) is 54.2 Å². The fraction of sp³-hybridized carbons (Fsp3) is 0.474. The highest BCUT2D eigenvalue weighted by atomic mass is 32.1. The Morgan fingerprint density at radius 2 is 2.07 bits per heavy atom. The van der Waals surface area contributed by atoms with Crippen LogP contribution in [0, 0.1) is 5.82 Å². The van der Waals surface area contributed by atoms with Gasteiger partial charge in [0.05, 0.1) is 0 Å². The minimum absolute atomic E-state index is 0.0255. The van der Waals surface area contributed by atoms with E-state index in [1.807, 2.05) is 0 Å². The third-order valence-electron chi connectivity index (χ3n) is 4.86. The molecule has 0 unspecified atom stereocenters. The maximum absolute atomic E-state index is 14.6. The van der Waals surface area contributed by atoms with Crippen molar-refractivity contribution in [3.8, 4) is 0 Å². The average Bonchev–Trinajstić information content (AvgIpc) is 3.39. The third kappa shape index (κ3) is 4.71. The van der Waals surface area contributed by atoms with Gasteiger partial charge in [-0.25, -0.2) is 4.39 Å². The zero-order valence-corrected chi connectivity index (χ0v) is 16.2. The summed E-state index contributed by atoms with van der Waals surface area (Å²) in [5, 5.41) is 17.5. The minimum Gasteiger partial charge on any atom is -0.396 e. The van der Waals surface area contributed by atoms with Crippen molar-refractivity contribution in [3.63, 3.8) is 0 Å². The van der Waals surface area contributed by atoms with E-state index in [4.69, 9.17) is 0 Å². The van der Waals surface area contributed by atoms with Crippen LogP contribution in [0.2, 0.25) is 0 Å². The summed E-state index contributed by atoms with van der Waals surface area (Å²) in [6.07, 6.45) is 4.07. The number of carbonyl (C=O) groups is 2. The SMILES string of the molecule is O=C(NC1CCCC1)[C@H](c1ccccc1F)N(CCCO)C(=O)c1csnn1. The molecule has 150 valence electrons. The van der Waals surface area contributed by atoms with Crippen molar-refractivity contribution in [2.45, 2.75) is 44.2 Å². The lowest BCUT2D eigenvalue weighted by atomic mass is 10.0. The molecule has 1 aliphatic carbocycles. The molecule has 3 rings (SSSR count). The summed E-state index contributed by atoms with van der Waals surface area (Å²) in [4.78, 5) is 27.5. The molecule has 0 radical (unpaired) electrons. The number of carbonyl (C=O) groups excluding carboxylic acids is 2. The van der Waals surface area contributed by atoms with Crippen molar-refractivity contribution in [2.24, 2.45) is 0 Å². The molecule has 2 N–H and O–H groups in total. The van der Waals surface area contributed by atoms with Crippen molar-refractivity contribution in [3.05, 3.63) is 46.7 Å². The molecular formula is C19H23FN4O3S. The summed E-state index contributed by atoms with van der Waals surface area (Å²) >= 11 is 1.02. The van der Waals surface area contributed by atoms with E-state index in [0.717, 1.165) is 37.2 Å². The second-order valence-electron chi connectivity index (χ2n) is 6.78. The Morgan fingerprint density at radius 3 is 2.71 bits per heavy atom. The van der Waals surface area contributed by atoms with E-state index in [1.165, 1.54) is 28.5 Å². The minimum atomic E-state index is -1.15. The number of nitrogens with one attached hydrogen (secondary N) is 1. The molecule has 1 aromatic carbocycles. The molecule has 1 aromatic heterocycles. The van der Waals surface area contributed by atoms with Gasteiger partial charge in [-0.1, -0.05) is 35.5 Å². The Kier molecular flexibility index (Phi) is 7.05. The highest BCUT2D eigenvalue weighted by Gasteiger charge is 2.35. The quantitative estimate of drug-likeness (QED) is 0.701. The third-order valence-corrected chi connectivity index (χ3v) is 5.36. The summed E-state index contributed by atoms with van der Waals surface area (Å²) in [5.74, 6) is -1.50. The molecular weight excluding hydrogens is 383 g/mol. The Hall–Kier alpha value is -2.39. The Labute approximate surface area is 166 Å². The topological polar surface area (TPSA) is 95.4 Å². The van der Waals surface area contributed by atoms with Crippen LogP contribution in [0.3, 0.4) is 0 Å². The molecule has 0 bridgehead atoms. The standard InChI is InChI=1S/C19H23FN4O3S/c20-15-9-4-3-8-14(15)17(18(26)21-13-6-1-2-7-13)24(10-5-11-25)19(27)16-12-28-23-22-16/h3-4,8-9,12-13,17,25H,1-2,5-7,10-11H2,(H,21,26)/t17-/m0/s1. The van der Waals surface area contributed by atoms with Gasteiger partial charge in [-0.2, -0.15) is 0 Å². The van der Waals surface area contributed by atoms with Gasteiger partial charge in [-0.15, -0.1) is 5.10 Å². The second-order valence-corrected chi connectivity index (χ2v) is 7.39. The first-order valence-corrected chi connectivity index (χ1v) is 10.2. The van der Waals surface area contributed by atoms with Gasteiger partial charge >= 0.3 is 0 Å². The predicted molar refractivity (Wildman–Crippen MR) is 102 cm³/mol. The number of halogens is 1. The van der Waals surface area contributed by atoms with Crippen molar-refractivity contribution in [2.75, 3.05) is 13.2 Å². The first-order valence-electron chi connectivity index (χ1n) is 9.35. The number of hydrogen-bond acceptors (Lipinski definition) is 6. The van der Waals surface area contributed by atoms with Crippen LogP contribution in [0.5, 0.6) is 0 Å². The van der Waals surface area contributed by atoms with Gasteiger partial charge in [-0.3, -0.25) is 9.59 Å². The number of aliphatic hydroxyl groups is 1. The number of rotatable bonds is 8. The highest BCUT2D eigenvalue weighted by Crippen LogP contribution is 2.27. The molecule has 1 fully saturated rings. The first kappa shape index (κ1) is 20.3. The molecule has 0 spiro atoms. The van der Waals surface area contributed by atoms with Gasteiger partial charge in [0.25, 0.3) is 5.91 Å². The number of aromatic nitrogens is 2. The summed E-state index contributed by atoms with van der Waals surface area (Å²) in [5.41, 5.74) is 0.213. The molecule has 2 amide bonds. The molecule has 1 saturated carbocycles. The number of nitrogens with zero attached hydrogens (tertiary/aromatic N) is 3. The molecule has 1 atom stereocenters. The lowest BCUT2D eigenvalue weighted by Gasteiger charge is -2.31. The highest BCUT2D eigenvalue weighted by molar-refractivity contribution is 7.03. The van der Waals surface area contributed by atoms with E-state index in [0.29, 0.717) is 0 Å². The van der Waals surface area contributed by atoms with Crippen molar-refractivity contribution in [1.29, 1.82) is 0 Å². The van der Waals surface area contributed by atoms with Crippen molar-refractivity contribution < 1.29 is 19.1 Å². The average molecular weight is 406 g/mol. The van der Waals surface area contributed by atoms with E-state index >= 15 is 0 Å². The number of amides is 2. The Balaban J connectivity index is 1.96. The van der Waals surface area contributed by atoms with E-state index < -0.39 is 23.7 Å². The molecule has 9 heteroatoms. The lowest BCUT2D eigenvalue weighted by molar-refractivity contribution is -0.126. The van der Waals surface area contributed by atoms with Crippen molar-refractivity contribution >= 4 is 23.3 Å². The van der Waals surface area contributed by atoms with Gasteiger partial charge in [-0.05, 0) is 36.9 Å². The van der Waals surface area contributed by atoms with Crippen LogP contribution < -0.4 is 5.32 Å². The van der Waals surface area contributed by atoms with Crippen molar-refractivity contribution in [1.82, 2.24) is 19.8 Å². The first-order chi connectivity index (χ1) is 13.6. The van der Waals surface area contributed by atoms with Crippen LogP contribution >= 0.6 is 11.5 Å². The van der Waals surface area contributed by atoms with Crippen LogP contribution in [-0.2, 0) is 4.79 Å². The number of aliphatic hydroxyl groups excluding tert-OH is 1. The number of hydrogen-bond donors (Lipinski definition) is 2. The molecule has 1 heterocycles. The summed E-state index contributed by atoms with van der Waals surface area (Å²) in [6.45, 7) is -0.0721. The van der Waals surface area contributed by atoms with Crippen LogP contribution in [-0.4, -0.2) is 50.6 Å². The van der Waals surface area contributed by atoms with Gasteiger partial charge < -0.3 is 15.3 Å². The van der Waals surface area contributed by atoms with Gasteiger partial charge in [0.15, 0.2) is 5.69 Å². The zero-order chi connectivity index (χ0) is 19.9. The molecule has 0 aliphatic heterocycles. The van der Waals surface area contributed by atoms with Gasteiger partial charge in [0.2, 0.25) is 5.91 Å². The molecule has 2 aromatic rings. The lowest BCUT2D eigenvalue weighted by Crippen LogP contribution is -2.47. The zero-order valence-electron chi connectivity index (χ0n) is 15.4. The van der Waals surface area contributed by atoms with E-state index in [2.05, 4.69) is 14.9 Å². The molecule has 0 saturated heterocycles.